The van der Waals surface area contributed by atoms with Crippen molar-refractivity contribution in [1.29, 1.82) is 0 Å². The average Bonchev–Trinajstić information content (AvgIpc) is 3.42. The van der Waals surface area contributed by atoms with Crippen molar-refractivity contribution < 1.29 is 4.79 Å². The summed E-state index contributed by atoms with van der Waals surface area (Å²) in [5.74, 6) is 2.60. The Balaban J connectivity index is 1.43. The molecule has 3 rings (SSSR count). The predicted octanol–water partition coefficient (Wildman–Crippen LogP) is 4.36. The summed E-state index contributed by atoms with van der Waals surface area (Å²) in [7, 11) is 0. The topological polar surface area (TPSA) is 57.1 Å². The molecule has 1 N–H and O–H groups in total. The Morgan fingerprint density at radius 3 is 2.73 bits per heavy atom. The highest BCUT2D eigenvalue weighted by atomic mass is 16.1. The quantitative estimate of drug-likeness (QED) is 0.707. The molecule has 2 aliphatic rings. The fourth-order valence-corrected chi connectivity index (χ4v) is 3.53. The molecule has 0 saturated carbocycles. The molecule has 1 aromatic rings. The smallest absolute Gasteiger partial charge is 0.224 e. The Bertz CT molecular complexity index is 683. The summed E-state index contributed by atoms with van der Waals surface area (Å²) >= 11 is 0. The monoisotopic (exact) mass is 352 g/mol. The van der Waals surface area contributed by atoms with Gasteiger partial charge < -0.3 is 5.32 Å². The lowest BCUT2D eigenvalue weighted by atomic mass is 10.0. The van der Waals surface area contributed by atoms with Crippen molar-refractivity contribution in [3.05, 3.63) is 29.8 Å². The van der Waals surface area contributed by atoms with Crippen molar-refractivity contribution in [3.8, 4) is 12.3 Å². The molecule has 0 aliphatic carbocycles. The van der Waals surface area contributed by atoms with Gasteiger partial charge in [-0.1, -0.05) is 18.6 Å². The predicted molar refractivity (Wildman–Crippen MR) is 104 cm³/mol. The molecule has 1 saturated heterocycles. The van der Waals surface area contributed by atoms with Gasteiger partial charge >= 0.3 is 0 Å². The summed E-state index contributed by atoms with van der Waals surface area (Å²) in [6, 6.07) is 8.85. The lowest BCUT2D eigenvalue weighted by molar-refractivity contribution is -0.116. The molecule has 1 fully saturated rings. The molecular formula is C21H28N4O. The van der Waals surface area contributed by atoms with Gasteiger partial charge in [-0.25, -0.2) is 0 Å². The highest BCUT2D eigenvalue weighted by molar-refractivity contribution is 5.90. The molecule has 0 radical (unpaired) electrons. The van der Waals surface area contributed by atoms with E-state index in [1.807, 2.05) is 12.1 Å². The minimum absolute atomic E-state index is 0.000199. The van der Waals surface area contributed by atoms with Crippen LogP contribution in [0.2, 0.25) is 0 Å². The number of hydrogen-bond donors (Lipinski definition) is 1. The Morgan fingerprint density at radius 1 is 1.31 bits per heavy atom. The van der Waals surface area contributed by atoms with Gasteiger partial charge in [0.05, 0.1) is 0 Å². The Hall–Kier alpha value is -2.19. The van der Waals surface area contributed by atoms with Crippen LogP contribution in [0.1, 0.15) is 57.4 Å². The highest BCUT2D eigenvalue weighted by Crippen LogP contribution is 2.37. The maximum Gasteiger partial charge on any atom is 0.224 e. The van der Waals surface area contributed by atoms with E-state index < -0.39 is 5.66 Å². The molecular weight excluding hydrogens is 324 g/mol. The van der Waals surface area contributed by atoms with Crippen LogP contribution in [-0.4, -0.2) is 29.1 Å². The number of nitrogens with one attached hydrogen (secondary N) is 1. The first kappa shape index (κ1) is 18.6. The molecule has 5 nitrogen and oxygen atoms in total. The molecule has 0 bridgehead atoms. The van der Waals surface area contributed by atoms with E-state index >= 15 is 0 Å². The molecule has 0 aromatic heterocycles. The number of carbonyl (C=O) groups is 1. The number of rotatable bonds is 8. The van der Waals surface area contributed by atoms with E-state index in [2.05, 4.69) is 45.4 Å². The number of carbonyl (C=O) groups excluding carboxylic acids is 1. The van der Waals surface area contributed by atoms with Gasteiger partial charge in [0.15, 0.2) is 5.66 Å². The summed E-state index contributed by atoms with van der Waals surface area (Å²) in [4.78, 5) is 14.7. The zero-order valence-corrected chi connectivity index (χ0v) is 15.6. The summed E-state index contributed by atoms with van der Waals surface area (Å²) < 4.78 is 0. The van der Waals surface area contributed by atoms with Gasteiger partial charge in [0.2, 0.25) is 5.91 Å². The number of nitrogens with zero attached hydrogens (tertiary/aromatic N) is 3. The van der Waals surface area contributed by atoms with Crippen LogP contribution in [0.5, 0.6) is 0 Å². The largest absolute Gasteiger partial charge is 0.326 e. The second kappa shape index (κ2) is 8.46. The van der Waals surface area contributed by atoms with Gasteiger partial charge in [-0.15, -0.1) is 12.3 Å². The minimum Gasteiger partial charge on any atom is -0.326 e. The molecule has 26 heavy (non-hydrogen) atoms. The number of benzene rings is 1. The SMILES string of the molecule is C#CCCC1(CCC(=O)Nc2ccc(CN3CCCCC3C)cc2)N=N1. The first-order chi connectivity index (χ1) is 12.6. The number of terminal acetylenes is 1. The van der Waals surface area contributed by atoms with Crippen LogP contribution >= 0.6 is 0 Å². The van der Waals surface area contributed by atoms with Crippen molar-refractivity contribution in [2.24, 2.45) is 10.2 Å². The van der Waals surface area contributed by atoms with E-state index in [9.17, 15) is 4.79 Å². The van der Waals surface area contributed by atoms with Crippen molar-refractivity contribution in [1.82, 2.24) is 4.90 Å². The molecule has 5 heteroatoms. The molecule has 1 amide bonds. The normalized spacial score (nSPS) is 21.2. The lowest BCUT2D eigenvalue weighted by Gasteiger charge is -2.33. The van der Waals surface area contributed by atoms with Crippen LogP contribution in [0.3, 0.4) is 0 Å². The summed E-state index contributed by atoms with van der Waals surface area (Å²) in [5, 5.41) is 11.1. The molecule has 1 atom stereocenters. The highest BCUT2D eigenvalue weighted by Gasteiger charge is 2.39. The first-order valence-electron chi connectivity index (χ1n) is 9.61. The van der Waals surface area contributed by atoms with Crippen LogP contribution in [0.25, 0.3) is 0 Å². The maximum absolute atomic E-state index is 12.2. The maximum atomic E-state index is 12.2. The Kier molecular flexibility index (Phi) is 6.05. The van der Waals surface area contributed by atoms with E-state index in [-0.39, 0.29) is 5.91 Å². The number of anilines is 1. The lowest BCUT2D eigenvalue weighted by Crippen LogP contribution is -2.36. The van der Waals surface area contributed by atoms with Gasteiger partial charge in [-0.05, 0) is 44.0 Å². The van der Waals surface area contributed by atoms with Gasteiger partial charge in [0.1, 0.15) is 0 Å². The van der Waals surface area contributed by atoms with Crippen LogP contribution in [0.15, 0.2) is 34.5 Å². The fraction of sp³-hybridized carbons (Fsp3) is 0.571. The van der Waals surface area contributed by atoms with Crippen LogP contribution in [0.4, 0.5) is 5.69 Å². The molecule has 2 aliphatic heterocycles. The molecule has 1 aromatic carbocycles. The van der Waals surface area contributed by atoms with E-state index in [1.165, 1.54) is 31.4 Å². The Morgan fingerprint density at radius 2 is 2.08 bits per heavy atom. The van der Waals surface area contributed by atoms with Gasteiger partial charge in [-0.3, -0.25) is 9.69 Å². The number of likely N-dealkylation sites (tertiary alicyclic amines) is 1. The van der Waals surface area contributed by atoms with Crippen LogP contribution < -0.4 is 5.32 Å². The third-order valence-corrected chi connectivity index (χ3v) is 5.37. The second-order valence-electron chi connectivity index (χ2n) is 7.45. The molecule has 138 valence electrons. The van der Waals surface area contributed by atoms with E-state index in [4.69, 9.17) is 6.42 Å². The molecule has 1 unspecified atom stereocenters. The zero-order chi connectivity index (χ0) is 18.4. The van der Waals surface area contributed by atoms with Gasteiger partial charge in [-0.2, -0.15) is 10.2 Å². The van der Waals surface area contributed by atoms with E-state index in [1.54, 1.807) is 0 Å². The van der Waals surface area contributed by atoms with Crippen molar-refractivity contribution >= 4 is 11.6 Å². The fourth-order valence-electron chi connectivity index (χ4n) is 3.53. The van der Waals surface area contributed by atoms with Gasteiger partial charge in [0.25, 0.3) is 0 Å². The van der Waals surface area contributed by atoms with Crippen molar-refractivity contribution in [3.63, 3.8) is 0 Å². The third kappa shape index (κ3) is 5.15. The zero-order valence-electron chi connectivity index (χ0n) is 15.6. The molecule has 2 heterocycles. The number of amides is 1. The number of hydrogen-bond acceptors (Lipinski definition) is 4. The van der Waals surface area contributed by atoms with Crippen LogP contribution in [0, 0.1) is 12.3 Å². The number of piperidine rings is 1. The van der Waals surface area contributed by atoms with E-state index in [0.717, 1.165) is 18.7 Å². The molecule has 0 spiro atoms. The van der Waals surface area contributed by atoms with Crippen molar-refractivity contribution in [2.45, 2.75) is 70.1 Å². The third-order valence-electron chi connectivity index (χ3n) is 5.37. The second-order valence-corrected chi connectivity index (χ2v) is 7.45. The standard InChI is InChI=1S/C21H28N4O/c1-3-4-13-21(23-24-21)14-12-20(26)22-19-10-8-18(9-11-19)16-25-15-6-5-7-17(25)2/h1,8-11,17H,4-7,12-16H2,2H3,(H,22,26). The summed E-state index contributed by atoms with van der Waals surface area (Å²) in [6.45, 7) is 4.47. The van der Waals surface area contributed by atoms with Crippen molar-refractivity contribution in [2.75, 3.05) is 11.9 Å². The summed E-state index contributed by atoms with van der Waals surface area (Å²) in [5.41, 5.74) is 1.74. The average molecular weight is 352 g/mol. The van der Waals surface area contributed by atoms with Crippen LogP contribution in [-0.2, 0) is 11.3 Å². The first-order valence-corrected chi connectivity index (χ1v) is 9.61. The minimum atomic E-state index is -0.390. The Labute approximate surface area is 156 Å². The summed E-state index contributed by atoms with van der Waals surface area (Å²) in [6.07, 6.45) is 11.6. The van der Waals surface area contributed by atoms with Gasteiger partial charge in [0, 0.05) is 44.0 Å². The van der Waals surface area contributed by atoms with E-state index in [0.29, 0.717) is 25.3 Å².